The fraction of sp³-hybridized carbons (Fsp3) is 0.364. The first-order valence-electron chi connectivity index (χ1n) is 9.75. The minimum atomic E-state index is -3.69. The number of benzene rings is 2. The summed E-state index contributed by atoms with van der Waals surface area (Å²) in [6.45, 7) is 0. The topological polar surface area (TPSA) is 48.3 Å². The molecule has 1 unspecified atom stereocenters. The summed E-state index contributed by atoms with van der Waals surface area (Å²) in [5.41, 5.74) is 2.38. The van der Waals surface area contributed by atoms with Crippen LogP contribution in [0.15, 0.2) is 59.5 Å². The van der Waals surface area contributed by atoms with E-state index in [1.54, 1.807) is 28.2 Å². The minimum Gasteiger partial charge on any atom is -0.360 e. The van der Waals surface area contributed by atoms with E-state index in [4.69, 9.17) is 4.74 Å². The molecule has 3 aliphatic rings. The average Bonchev–Trinajstić information content (AvgIpc) is 3.34. The van der Waals surface area contributed by atoms with Crippen LogP contribution in [0.3, 0.4) is 0 Å². The minimum absolute atomic E-state index is 0.0280. The van der Waals surface area contributed by atoms with Crippen LogP contribution in [0.2, 0.25) is 0 Å². The van der Waals surface area contributed by atoms with Crippen LogP contribution in [0.1, 0.15) is 49.5 Å². The van der Waals surface area contributed by atoms with Gasteiger partial charge in [0.05, 0.1) is 22.2 Å². The number of fused-ring (bicyclic) bond motifs is 5. The fourth-order valence-corrected chi connectivity index (χ4v) is 7.32. The molecule has 1 aliphatic carbocycles. The summed E-state index contributed by atoms with van der Waals surface area (Å²) in [4.78, 5) is 0.333. The molecule has 1 saturated heterocycles. The highest BCUT2D eigenvalue weighted by molar-refractivity contribution is 7.90. The molecule has 1 spiro atoms. The molecule has 0 N–H and O–H groups in total. The van der Waals surface area contributed by atoms with E-state index in [-0.39, 0.29) is 6.10 Å². The van der Waals surface area contributed by atoms with Crippen molar-refractivity contribution in [1.82, 2.24) is 3.97 Å². The van der Waals surface area contributed by atoms with Crippen LogP contribution in [-0.4, -0.2) is 12.4 Å². The predicted octanol–water partition coefficient (Wildman–Crippen LogP) is 4.74. The Kier molecular flexibility index (Phi) is 3.08. The zero-order valence-corrected chi connectivity index (χ0v) is 15.8. The van der Waals surface area contributed by atoms with E-state index in [1.165, 1.54) is 6.42 Å². The van der Waals surface area contributed by atoms with E-state index in [9.17, 15) is 8.42 Å². The second kappa shape index (κ2) is 5.24. The maximum Gasteiger partial charge on any atom is 0.268 e. The quantitative estimate of drug-likeness (QED) is 0.646. The molecule has 3 atom stereocenters. The summed E-state index contributed by atoms with van der Waals surface area (Å²) < 4.78 is 35.6. The van der Waals surface area contributed by atoms with Crippen LogP contribution in [0.25, 0.3) is 10.9 Å². The first kappa shape index (κ1) is 15.9. The van der Waals surface area contributed by atoms with Crippen molar-refractivity contribution in [2.45, 2.75) is 48.7 Å². The number of hydrogen-bond donors (Lipinski definition) is 0. The molecule has 138 valence electrons. The van der Waals surface area contributed by atoms with Crippen LogP contribution in [0, 0.1) is 5.92 Å². The maximum absolute atomic E-state index is 13.7. The van der Waals surface area contributed by atoms with Crippen molar-refractivity contribution in [2.75, 3.05) is 0 Å². The molecule has 27 heavy (non-hydrogen) atoms. The van der Waals surface area contributed by atoms with Crippen molar-refractivity contribution in [3.05, 3.63) is 65.9 Å². The van der Waals surface area contributed by atoms with E-state index in [1.807, 2.05) is 30.3 Å². The van der Waals surface area contributed by atoms with E-state index in [0.717, 1.165) is 47.8 Å². The lowest BCUT2D eigenvalue weighted by Gasteiger charge is -2.38. The molecule has 1 aromatic heterocycles. The van der Waals surface area contributed by atoms with E-state index in [0.29, 0.717) is 10.8 Å². The Morgan fingerprint density at radius 1 is 1.00 bits per heavy atom. The molecule has 6 rings (SSSR count). The molecule has 1 saturated carbocycles. The third kappa shape index (κ3) is 1.89. The summed E-state index contributed by atoms with van der Waals surface area (Å²) in [5.74, 6) is 0.429. The second-order valence-corrected chi connectivity index (χ2v) is 9.82. The van der Waals surface area contributed by atoms with Crippen molar-refractivity contribution >= 4 is 20.9 Å². The molecule has 2 aromatic carbocycles. The van der Waals surface area contributed by atoms with Crippen molar-refractivity contribution in [3.63, 3.8) is 0 Å². The van der Waals surface area contributed by atoms with Gasteiger partial charge in [0.15, 0.2) is 0 Å². The number of nitrogens with zero attached hydrogens (tertiary/aromatic N) is 1. The monoisotopic (exact) mass is 379 g/mol. The summed E-state index contributed by atoms with van der Waals surface area (Å²) in [6.07, 6.45) is 5.40. The molecule has 3 heterocycles. The van der Waals surface area contributed by atoms with Crippen molar-refractivity contribution in [1.29, 1.82) is 0 Å². The van der Waals surface area contributed by atoms with Crippen LogP contribution >= 0.6 is 0 Å². The molecular weight excluding hydrogens is 358 g/mol. The lowest BCUT2D eigenvalue weighted by atomic mass is 9.69. The number of para-hydroxylation sites is 1. The van der Waals surface area contributed by atoms with Crippen molar-refractivity contribution in [2.24, 2.45) is 5.92 Å². The van der Waals surface area contributed by atoms with Crippen molar-refractivity contribution in [3.8, 4) is 0 Å². The van der Waals surface area contributed by atoms with Gasteiger partial charge >= 0.3 is 0 Å². The highest BCUT2D eigenvalue weighted by Crippen LogP contribution is 2.65. The van der Waals surface area contributed by atoms with Crippen LogP contribution in [0.4, 0.5) is 0 Å². The van der Waals surface area contributed by atoms with Gasteiger partial charge in [0.1, 0.15) is 5.60 Å². The Labute approximate surface area is 158 Å². The third-order valence-corrected chi connectivity index (χ3v) is 8.46. The third-order valence-electron chi connectivity index (χ3n) is 6.74. The summed E-state index contributed by atoms with van der Waals surface area (Å²) >= 11 is 0. The Morgan fingerprint density at radius 3 is 2.63 bits per heavy atom. The van der Waals surface area contributed by atoms with Gasteiger partial charge in [-0.3, -0.25) is 0 Å². The van der Waals surface area contributed by atoms with Gasteiger partial charge in [-0.05, 0) is 43.4 Å². The van der Waals surface area contributed by atoms with E-state index >= 15 is 0 Å². The van der Waals surface area contributed by atoms with Crippen LogP contribution in [-0.2, 0) is 20.4 Å². The molecule has 4 nitrogen and oxygen atoms in total. The Morgan fingerprint density at radius 2 is 1.78 bits per heavy atom. The SMILES string of the molecule is O=S(=O)(c1ccccc1)n1c2c(c3ccccc31)[C@@H]1CC3CCCC[C@]23O1. The summed E-state index contributed by atoms with van der Waals surface area (Å²) in [6, 6.07) is 16.7. The van der Waals surface area contributed by atoms with Crippen LogP contribution < -0.4 is 0 Å². The molecule has 3 aromatic rings. The zero-order chi connectivity index (χ0) is 18.2. The van der Waals surface area contributed by atoms with Gasteiger partial charge in [-0.15, -0.1) is 0 Å². The van der Waals surface area contributed by atoms with E-state index in [2.05, 4.69) is 0 Å². The smallest absolute Gasteiger partial charge is 0.268 e. The Balaban J connectivity index is 1.72. The van der Waals surface area contributed by atoms with Gasteiger partial charge in [-0.1, -0.05) is 49.2 Å². The summed E-state index contributed by atoms with van der Waals surface area (Å²) in [7, 11) is -3.69. The van der Waals surface area contributed by atoms with Gasteiger partial charge < -0.3 is 4.74 Å². The molecule has 2 fully saturated rings. The number of ether oxygens (including phenoxy) is 1. The normalized spacial score (nSPS) is 29.0. The maximum atomic E-state index is 13.7. The van der Waals surface area contributed by atoms with E-state index < -0.39 is 15.6 Å². The molecule has 2 bridgehead atoms. The molecule has 5 heteroatoms. The Hall–Kier alpha value is -2.11. The lowest BCUT2D eigenvalue weighted by Crippen LogP contribution is -2.38. The van der Waals surface area contributed by atoms with Crippen LogP contribution in [0.5, 0.6) is 0 Å². The first-order chi connectivity index (χ1) is 13.1. The Bertz CT molecular complexity index is 1160. The first-order valence-corrected chi connectivity index (χ1v) is 11.2. The molecule has 0 amide bonds. The lowest BCUT2D eigenvalue weighted by molar-refractivity contribution is -0.0638. The highest BCUT2D eigenvalue weighted by Gasteiger charge is 2.61. The zero-order valence-electron chi connectivity index (χ0n) is 15.0. The number of aromatic nitrogens is 1. The summed E-state index contributed by atoms with van der Waals surface area (Å²) in [5, 5.41) is 1.03. The van der Waals surface area contributed by atoms with Gasteiger partial charge in [-0.2, -0.15) is 0 Å². The van der Waals surface area contributed by atoms with Gasteiger partial charge in [0.25, 0.3) is 10.0 Å². The fourth-order valence-electron chi connectivity index (χ4n) is 5.69. The molecular formula is C22H21NO3S. The van der Waals surface area contributed by atoms with Crippen molar-refractivity contribution < 1.29 is 13.2 Å². The predicted molar refractivity (Wildman–Crippen MR) is 103 cm³/mol. The molecule has 0 radical (unpaired) electrons. The second-order valence-electron chi connectivity index (χ2n) is 8.04. The van der Waals surface area contributed by atoms with Gasteiger partial charge in [-0.25, -0.2) is 12.4 Å². The van der Waals surface area contributed by atoms with Gasteiger partial charge in [0, 0.05) is 10.9 Å². The standard InChI is InChI=1S/C22H21NO3S/c24-27(25,16-9-2-1-3-10-16)23-18-12-5-4-11-17(18)20-19-14-15-8-6-7-13-22(15,26-19)21(20)23/h1-5,9-12,15,19H,6-8,13-14H2/t15?,19-,22+/m0/s1. The number of rotatable bonds is 2. The van der Waals surface area contributed by atoms with Gasteiger partial charge in [0.2, 0.25) is 0 Å². The highest BCUT2D eigenvalue weighted by atomic mass is 32.2. The largest absolute Gasteiger partial charge is 0.360 e. The average molecular weight is 379 g/mol. The number of hydrogen-bond acceptors (Lipinski definition) is 3. The molecule has 2 aliphatic heterocycles.